The van der Waals surface area contributed by atoms with Gasteiger partial charge in [-0.3, -0.25) is 0 Å². The van der Waals surface area contributed by atoms with Gasteiger partial charge >= 0.3 is 0 Å². The number of nitriles is 1. The number of aryl methyl sites for hydroxylation is 1. The van der Waals surface area contributed by atoms with Crippen LogP contribution in [0.3, 0.4) is 0 Å². The molecule has 4 nitrogen and oxygen atoms in total. The zero-order valence-electron chi connectivity index (χ0n) is 8.52. The molecule has 0 saturated heterocycles. The molecule has 76 valence electrons. The third-order valence-electron chi connectivity index (χ3n) is 2.01. The Kier molecular flexibility index (Phi) is 4.73. The summed E-state index contributed by atoms with van der Waals surface area (Å²) < 4.78 is 8.93. The van der Waals surface area contributed by atoms with E-state index in [1.807, 2.05) is 23.3 Å². The molecule has 1 aromatic heterocycles. The summed E-state index contributed by atoms with van der Waals surface area (Å²) >= 11 is 0. The lowest BCUT2D eigenvalue weighted by Crippen LogP contribution is -2.31. The number of rotatable bonds is 6. The minimum absolute atomic E-state index is 0.422. The number of aromatic nitrogens is 2. The van der Waals surface area contributed by atoms with Gasteiger partial charge in [0.2, 0.25) is 6.33 Å². The average molecular weight is 194 g/mol. The first kappa shape index (κ1) is 10.7. The van der Waals surface area contributed by atoms with E-state index in [0.29, 0.717) is 6.54 Å². The lowest BCUT2D eigenvalue weighted by Gasteiger charge is -1.96. The summed E-state index contributed by atoms with van der Waals surface area (Å²) in [6.45, 7) is 2.23. The van der Waals surface area contributed by atoms with Crippen LogP contribution in [0.25, 0.3) is 0 Å². The Bertz CT molecular complexity index is 301. The van der Waals surface area contributed by atoms with Gasteiger partial charge in [0.15, 0.2) is 6.54 Å². The van der Waals surface area contributed by atoms with Crippen molar-refractivity contribution in [3.05, 3.63) is 18.7 Å². The van der Waals surface area contributed by atoms with E-state index >= 15 is 0 Å². The molecular weight excluding hydrogens is 178 g/mol. The van der Waals surface area contributed by atoms with Gasteiger partial charge in [-0.1, -0.05) is 0 Å². The van der Waals surface area contributed by atoms with E-state index in [2.05, 4.69) is 10.6 Å². The minimum atomic E-state index is 0.422. The summed E-state index contributed by atoms with van der Waals surface area (Å²) in [6, 6.07) is 2.10. The zero-order chi connectivity index (χ0) is 10.2. The summed E-state index contributed by atoms with van der Waals surface area (Å²) in [5, 5.41) is 8.48. The van der Waals surface area contributed by atoms with Crippen molar-refractivity contribution < 1.29 is 9.30 Å². The Balaban J connectivity index is 2.26. The Labute approximate surface area is 84.3 Å². The SMILES string of the molecule is COCCCC[n+]1ccn(CC#N)c1. The number of methoxy groups -OCH3 is 1. The van der Waals surface area contributed by atoms with Gasteiger partial charge in [-0.05, 0) is 12.8 Å². The lowest BCUT2D eigenvalue weighted by atomic mass is 10.3. The van der Waals surface area contributed by atoms with Crippen LogP contribution < -0.4 is 4.57 Å². The molecule has 0 fully saturated rings. The second-order valence-electron chi connectivity index (χ2n) is 3.18. The normalized spacial score (nSPS) is 10.0. The molecule has 0 N–H and O–H groups in total. The fourth-order valence-corrected chi connectivity index (χ4v) is 1.29. The summed E-state index contributed by atoms with van der Waals surface area (Å²) in [7, 11) is 1.72. The summed E-state index contributed by atoms with van der Waals surface area (Å²) in [6.07, 6.45) is 8.04. The van der Waals surface area contributed by atoms with Gasteiger partial charge in [-0.2, -0.15) is 5.26 Å². The molecule has 0 saturated carbocycles. The number of unbranched alkanes of at least 4 members (excludes halogenated alkanes) is 1. The van der Waals surface area contributed by atoms with Gasteiger partial charge in [-0.25, -0.2) is 9.13 Å². The fourth-order valence-electron chi connectivity index (χ4n) is 1.29. The highest BCUT2D eigenvalue weighted by atomic mass is 16.5. The van der Waals surface area contributed by atoms with Crippen LogP contribution in [0.4, 0.5) is 0 Å². The molecule has 0 unspecified atom stereocenters. The van der Waals surface area contributed by atoms with Crippen LogP contribution in [0.15, 0.2) is 18.7 Å². The topological polar surface area (TPSA) is 41.8 Å². The first-order valence-corrected chi connectivity index (χ1v) is 4.77. The third kappa shape index (κ3) is 3.58. The van der Waals surface area contributed by atoms with E-state index in [9.17, 15) is 0 Å². The second kappa shape index (κ2) is 6.17. The fraction of sp³-hybridized carbons (Fsp3) is 0.600. The summed E-state index contributed by atoms with van der Waals surface area (Å²) in [5.41, 5.74) is 0. The van der Waals surface area contributed by atoms with Crippen molar-refractivity contribution in [2.75, 3.05) is 13.7 Å². The van der Waals surface area contributed by atoms with Gasteiger partial charge in [0.25, 0.3) is 0 Å². The van der Waals surface area contributed by atoms with Crippen molar-refractivity contribution in [2.45, 2.75) is 25.9 Å². The lowest BCUT2D eigenvalue weighted by molar-refractivity contribution is -0.696. The smallest absolute Gasteiger partial charge is 0.244 e. The number of nitrogens with zero attached hydrogens (tertiary/aromatic N) is 3. The Morgan fingerprint density at radius 3 is 3.07 bits per heavy atom. The molecule has 0 atom stereocenters. The van der Waals surface area contributed by atoms with E-state index in [1.165, 1.54) is 0 Å². The van der Waals surface area contributed by atoms with E-state index in [-0.39, 0.29) is 0 Å². The van der Waals surface area contributed by atoms with Gasteiger partial charge in [0, 0.05) is 13.7 Å². The van der Waals surface area contributed by atoms with Gasteiger partial charge in [-0.15, -0.1) is 0 Å². The van der Waals surface area contributed by atoms with Crippen molar-refractivity contribution in [1.29, 1.82) is 5.26 Å². The monoisotopic (exact) mass is 194 g/mol. The first-order chi connectivity index (χ1) is 6.86. The van der Waals surface area contributed by atoms with Crippen LogP contribution in [-0.2, 0) is 17.8 Å². The highest BCUT2D eigenvalue weighted by Crippen LogP contribution is 1.90. The molecule has 0 bridgehead atoms. The van der Waals surface area contributed by atoms with Crippen molar-refractivity contribution in [2.24, 2.45) is 0 Å². The zero-order valence-corrected chi connectivity index (χ0v) is 8.52. The Morgan fingerprint density at radius 1 is 1.50 bits per heavy atom. The van der Waals surface area contributed by atoms with Crippen LogP contribution in [0, 0.1) is 11.3 Å². The maximum absolute atomic E-state index is 8.48. The largest absolute Gasteiger partial charge is 0.385 e. The molecule has 0 aromatic carbocycles. The molecule has 0 radical (unpaired) electrons. The molecule has 1 rings (SSSR count). The number of imidazole rings is 1. The number of hydrogen-bond acceptors (Lipinski definition) is 2. The van der Waals surface area contributed by atoms with Crippen molar-refractivity contribution in [1.82, 2.24) is 4.57 Å². The highest BCUT2D eigenvalue weighted by Gasteiger charge is 2.01. The second-order valence-corrected chi connectivity index (χ2v) is 3.18. The molecular formula is C10H16N3O+. The Morgan fingerprint density at radius 2 is 2.36 bits per heavy atom. The predicted octanol–water partition coefficient (Wildman–Crippen LogP) is 0.726. The molecule has 14 heavy (non-hydrogen) atoms. The minimum Gasteiger partial charge on any atom is -0.385 e. The first-order valence-electron chi connectivity index (χ1n) is 4.77. The quantitative estimate of drug-likeness (QED) is 0.495. The van der Waals surface area contributed by atoms with Crippen LogP contribution in [0.2, 0.25) is 0 Å². The van der Waals surface area contributed by atoms with Crippen LogP contribution >= 0.6 is 0 Å². The van der Waals surface area contributed by atoms with Crippen molar-refractivity contribution in [3.8, 4) is 6.07 Å². The van der Waals surface area contributed by atoms with E-state index in [0.717, 1.165) is 26.0 Å². The third-order valence-corrected chi connectivity index (χ3v) is 2.01. The Hall–Kier alpha value is -1.34. The molecule has 0 aliphatic carbocycles. The van der Waals surface area contributed by atoms with E-state index < -0.39 is 0 Å². The maximum Gasteiger partial charge on any atom is 0.244 e. The van der Waals surface area contributed by atoms with Crippen molar-refractivity contribution >= 4 is 0 Å². The summed E-state index contributed by atoms with van der Waals surface area (Å²) in [4.78, 5) is 0. The van der Waals surface area contributed by atoms with E-state index in [1.54, 1.807) is 7.11 Å². The molecule has 4 heteroatoms. The maximum atomic E-state index is 8.48. The number of ether oxygens (including phenoxy) is 1. The highest BCUT2D eigenvalue weighted by molar-refractivity contribution is 4.75. The molecule has 0 amide bonds. The van der Waals surface area contributed by atoms with Crippen LogP contribution in [0.1, 0.15) is 12.8 Å². The van der Waals surface area contributed by atoms with Crippen LogP contribution in [-0.4, -0.2) is 18.3 Å². The number of hydrogen-bond donors (Lipinski definition) is 0. The van der Waals surface area contributed by atoms with Gasteiger partial charge in [0.05, 0.1) is 6.54 Å². The molecule has 0 aliphatic heterocycles. The van der Waals surface area contributed by atoms with E-state index in [4.69, 9.17) is 10.00 Å². The van der Waals surface area contributed by atoms with Crippen LogP contribution in [0.5, 0.6) is 0 Å². The summed E-state index contributed by atoms with van der Waals surface area (Å²) in [5.74, 6) is 0. The van der Waals surface area contributed by atoms with Gasteiger partial charge in [0.1, 0.15) is 18.5 Å². The molecule has 1 heterocycles. The van der Waals surface area contributed by atoms with Gasteiger partial charge < -0.3 is 4.74 Å². The predicted molar refractivity (Wildman–Crippen MR) is 51.4 cm³/mol. The molecule has 0 aliphatic rings. The molecule has 0 spiro atoms. The standard InChI is InChI=1S/C10H16N3O/c1-14-9-3-2-5-12-7-8-13(10-12)6-4-11/h7-8,10H,2-3,5-6,9H2,1H3/q+1. The molecule has 1 aromatic rings. The van der Waals surface area contributed by atoms with Crippen molar-refractivity contribution in [3.63, 3.8) is 0 Å². The average Bonchev–Trinajstić information content (AvgIpc) is 2.61.